The number of hydrogen-bond donors (Lipinski definition) is 2. The highest BCUT2D eigenvalue weighted by atomic mass is 35.5. The van der Waals surface area contributed by atoms with Crippen LogP contribution in [0.15, 0.2) is 52.0 Å². The number of rotatable bonds is 7. The van der Waals surface area contributed by atoms with E-state index < -0.39 is 22.0 Å². The van der Waals surface area contributed by atoms with Crippen LogP contribution in [0.25, 0.3) is 0 Å². The summed E-state index contributed by atoms with van der Waals surface area (Å²) in [5, 5.41) is 2.97. The van der Waals surface area contributed by atoms with Crippen molar-refractivity contribution in [3.63, 3.8) is 0 Å². The number of sulfonamides is 1. The van der Waals surface area contributed by atoms with Crippen LogP contribution in [0.5, 0.6) is 0 Å². The molecule has 1 aromatic heterocycles. The minimum Gasteiger partial charge on any atom is -0.467 e. The van der Waals surface area contributed by atoms with Crippen LogP contribution in [-0.4, -0.2) is 20.4 Å². The molecule has 0 unspecified atom stereocenters. The molecule has 24 heavy (non-hydrogen) atoms. The molecule has 2 aromatic rings. The maximum absolute atomic E-state index is 12.5. The van der Waals surface area contributed by atoms with Gasteiger partial charge in [0.25, 0.3) is 0 Å². The fourth-order valence-corrected chi connectivity index (χ4v) is 3.70. The summed E-state index contributed by atoms with van der Waals surface area (Å²) in [7, 11) is -3.86. The SMILES string of the molecule is CC(C)[C@@H](NS(=O)(=O)c1cccc(Cl)c1)C(=O)NCc1ccco1. The average molecular weight is 371 g/mol. The van der Waals surface area contributed by atoms with Gasteiger partial charge in [-0.05, 0) is 36.2 Å². The van der Waals surface area contributed by atoms with Crippen LogP contribution in [0.3, 0.4) is 0 Å². The molecule has 8 heteroatoms. The second-order valence-electron chi connectivity index (χ2n) is 5.60. The molecular formula is C16H19ClN2O4S. The highest BCUT2D eigenvalue weighted by Gasteiger charge is 2.28. The highest BCUT2D eigenvalue weighted by Crippen LogP contribution is 2.17. The number of hydrogen-bond acceptors (Lipinski definition) is 4. The molecule has 0 saturated carbocycles. The Morgan fingerprint density at radius 1 is 1.25 bits per heavy atom. The molecule has 1 aromatic carbocycles. The van der Waals surface area contributed by atoms with Crippen LogP contribution in [-0.2, 0) is 21.4 Å². The van der Waals surface area contributed by atoms with Crippen molar-refractivity contribution >= 4 is 27.5 Å². The fraction of sp³-hybridized carbons (Fsp3) is 0.312. The van der Waals surface area contributed by atoms with Crippen molar-refractivity contribution in [2.24, 2.45) is 5.92 Å². The van der Waals surface area contributed by atoms with E-state index in [2.05, 4.69) is 10.0 Å². The van der Waals surface area contributed by atoms with Crippen LogP contribution in [0.4, 0.5) is 0 Å². The van der Waals surface area contributed by atoms with Gasteiger partial charge >= 0.3 is 0 Å². The first-order chi connectivity index (χ1) is 11.3. The number of nitrogens with one attached hydrogen (secondary N) is 2. The Balaban J connectivity index is 2.11. The molecule has 0 bridgehead atoms. The third-order valence-corrected chi connectivity index (χ3v) is 5.03. The summed E-state index contributed by atoms with van der Waals surface area (Å²) in [5.41, 5.74) is 0. The maximum atomic E-state index is 12.5. The lowest BCUT2D eigenvalue weighted by atomic mass is 10.1. The summed E-state index contributed by atoms with van der Waals surface area (Å²) in [5.74, 6) is -0.0777. The van der Waals surface area contributed by atoms with E-state index in [4.69, 9.17) is 16.0 Å². The van der Waals surface area contributed by atoms with Gasteiger partial charge in [-0.15, -0.1) is 0 Å². The standard InChI is InChI=1S/C16H19ClN2O4S/c1-11(2)15(16(20)18-10-13-6-4-8-23-13)19-24(21,22)14-7-3-5-12(17)9-14/h3-9,11,15,19H,10H2,1-2H3,(H,18,20)/t15-/m1/s1. The Labute approximate surface area is 146 Å². The summed E-state index contributed by atoms with van der Waals surface area (Å²) >= 11 is 5.84. The third-order valence-electron chi connectivity index (χ3n) is 3.35. The Morgan fingerprint density at radius 2 is 2.00 bits per heavy atom. The van der Waals surface area contributed by atoms with Crippen LogP contribution in [0.1, 0.15) is 19.6 Å². The van der Waals surface area contributed by atoms with E-state index in [1.54, 1.807) is 32.0 Å². The van der Waals surface area contributed by atoms with Crippen molar-refractivity contribution in [2.45, 2.75) is 31.3 Å². The molecule has 2 rings (SSSR count). The predicted octanol–water partition coefficient (Wildman–Crippen LogP) is 2.55. The lowest BCUT2D eigenvalue weighted by molar-refractivity contribution is -0.123. The first kappa shape index (κ1) is 18.5. The van der Waals surface area contributed by atoms with Crippen LogP contribution in [0, 0.1) is 5.92 Å². The summed E-state index contributed by atoms with van der Waals surface area (Å²) in [6.45, 7) is 3.71. The molecule has 0 radical (unpaired) electrons. The van der Waals surface area contributed by atoms with Crippen molar-refractivity contribution in [1.29, 1.82) is 0 Å². The zero-order chi connectivity index (χ0) is 17.7. The quantitative estimate of drug-likeness (QED) is 0.783. The van der Waals surface area contributed by atoms with Crippen molar-refractivity contribution < 1.29 is 17.6 Å². The zero-order valence-corrected chi connectivity index (χ0v) is 14.9. The van der Waals surface area contributed by atoms with Crippen molar-refractivity contribution in [1.82, 2.24) is 10.0 Å². The van der Waals surface area contributed by atoms with E-state index >= 15 is 0 Å². The van der Waals surface area contributed by atoms with Gasteiger partial charge in [0.05, 0.1) is 17.7 Å². The number of amides is 1. The highest BCUT2D eigenvalue weighted by molar-refractivity contribution is 7.89. The smallest absolute Gasteiger partial charge is 0.241 e. The van der Waals surface area contributed by atoms with E-state index in [0.29, 0.717) is 10.8 Å². The lowest BCUT2D eigenvalue weighted by Crippen LogP contribution is -2.49. The minimum atomic E-state index is -3.86. The van der Waals surface area contributed by atoms with E-state index in [9.17, 15) is 13.2 Å². The van der Waals surface area contributed by atoms with Crippen LogP contribution < -0.4 is 10.0 Å². The van der Waals surface area contributed by atoms with Gasteiger partial charge in [-0.1, -0.05) is 31.5 Å². The maximum Gasteiger partial charge on any atom is 0.241 e. The zero-order valence-electron chi connectivity index (χ0n) is 13.3. The molecule has 1 heterocycles. The predicted molar refractivity (Wildman–Crippen MR) is 91.0 cm³/mol. The van der Waals surface area contributed by atoms with Crippen LogP contribution in [0.2, 0.25) is 5.02 Å². The van der Waals surface area contributed by atoms with Gasteiger partial charge in [0.1, 0.15) is 11.8 Å². The summed E-state index contributed by atoms with van der Waals surface area (Å²) in [4.78, 5) is 12.4. The monoisotopic (exact) mass is 370 g/mol. The van der Waals surface area contributed by atoms with Gasteiger partial charge in [0, 0.05) is 5.02 Å². The summed E-state index contributed by atoms with van der Waals surface area (Å²) in [6, 6.07) is 8.40. The molecule has 0 saturated heterocycles. The van der Waals surface area contributed by atoms with E-state index in [1.807, 2.05) is 0 Å². The first-order valence-electron chi connectivity index (χ1n) is 7.37. The first-order valence-corrected chi connectivity index (χ1v) is 9.23. The molecule has 2 N–H and O–H groups in total. The van der Waals surface area contributed by atoms with Gasteiger partial charge in [-0.3, -0.25) is 4.79 Å². The van der Waals surface area contributed by atoms with E-state index in [1.165, 1.54) is 24.5 Å². The molecule has 6 nitrogen and oxygen atoms in total. The number of carbonyl (C=O) groups excluding carboxylic acids is 1. The lowest BCUT2D eigenvalue weighted by Gasteiger charge is -2.21. The largest absolute Gasteiger partial charge is 0.467 e. The number of halogens is 1. The molecule has 0 aliphatic heterocycles. The van der Waals surface area contributed by atoms with Crippen molar-refractivity contribution in [2.75, 3.05) is 0 Å². The number of carbonyl (C=O) groups is 1. The topological polar surface area (TPSA) is 88.4 Å². The minimum absolute atomic E-state index is 0.0134. The molecule has 0 aliphatic rings. The fourth-order valence-electron chi connectivity index (χ4n) is 2.06. The Hall–Kier alpha value is -1.83. The van der Waals surface area contributed by atoms with E-state index in [-0.39, 0.29) is 17.4 Å². The van der Waals surface area contributed by atoms with Gasteiger partial charge in [-0.2, -0.15) is 4.72 Å². The molecule has 0 fully saturated rings. The van der Waals surface area contributed by atoms with Crippen molar-refractivity contribution in [3.05, 3.63) is 53.4 Å². The molecule has 0 aliphatic carbocycles. The summed E-state index contributed by atoms with van der Waals surface area (Å²) < 4.78 is 32.5. The molecular weight excluding hydrogens is 352 g/mol. The molecule has 130 valence electrons. The number of benzene rings is 1. The second kappa shape index (κ2) is 7.83. The van der Waals surface area contributed by atoms with Gasteiger partial charge in [-0.25, -0.2) is 8.42 Å². The Morgan fingerprint density at radius 3 is 2.58 bits per heavy atom. The normalized spacial score (nSPS) is 13.0. The molecule has 1 amide bonds. The van der Waals surface area contributed by atoms with Gasteiger partial charge in [0.2, 0.25) is 15.9 Å². The second-order valence-corrected chi connectivity index (χ2v) is 7.75. The third kappa shape index (κ3) is 4.83. The van der Waals surface area contributed by atoms with Gasteiger partial charge < -0.3 is 9.73 Å². The average Bonchev–Trinajstić information content (AvgIpc) is 3.03. The van der Waals surface area contributed by atoms with Gasteiger partial charge in [0.15, 0.2) is 0 Å². The van der Waals surface area contributed by atoms with Crippen LogP contribution >= 0.6 is 11.6 Å². The molecule has 1 atom stereocenters. The Bertz CT molecular complexity index is 788. The molecule has 0 spiro atoms. The number of furan rings is 1. The van der Waals surface area contributed by atoms with E-state index in [0.717, 1.165) is 0 Å². The summed E-state index contributed by atoms with van der Waals surface area (Å²) in [6.07, 6.45) is 1.50. The van der Waals surface area contributed by atoms with Crippen molar-refractivity contribution in [3.8, 4) is 0 Å². The Kier molecular flexibility index (Phi) is 6.04.